The number of aliphatic hydroxyl groups is 1. The highest BCUT2D eigenvalue weighted by molar-refractivity contribution is 5.95. The number of rotatable bonds is 4. The number of hydrogen-bond acceptors (Lipinski definition) is 3. The van der Waals surface area contributed by atoms with Crippen molar-refractivity contribution < 1.29 is 19.1 Å². The number of aliphatic hydroxyl groups excluding tert-OH is 1. The quantitative estimate of drug-likeness (QED) is 0.797. The fourth-order valence-electron chi connectivity index (χ4n) is 6.13. The molecule has 32 heavy (non-hydrogen) atoms. The fraction of sp³-hybridized carbons (Fsp3) is 0.462. The summed E-state index contributed by atoms with van der Waals surface area (Å²) >= 11 is 0. The minimum Gasteiger partial charge on any atom is -0.394 e. The van der Waals surface area contributed by atoms with Crippen molar-refractivity contribution in [1.29, 1.82) is 0 Å². The third-order valence-electron chi connectivity index (χ3n) is 7.60. The number of carbonyl (C=O) groups is 2. The molecule has 0 radical (unpaired) electrons. The maximum absolute atomic E-state index is 13.6. The van der Waals surface area contributed by atoms with E-state index in [-0.39, 0.29) is 36.3 Å². The van der Waals surface area contributed by atoms with Crippen molar-refractivity contribution in [1.82, 2.24) is 9.80 Å². The van der Waals surface area contributed by atoms with Crippen LogP contribution in [0, 0.1) is 11.7 Å². The second kappa shape index (κ2) is 8.32. The monoisotopic (exact) mass is 436 g/mol. The van der Waals surface area contributed by atoms with Crippen LogP contribution in [0.3, 0.4) is 0 Å². The van der Waals surface area contributed by atoms with E-state index in [1.54, 1.807) is 11.0 Å². The number of likely N-dealkylation sites (tertiary alicyclic amines) is 2. The molecule has 2 aromatic carbocycles. The fourth-order valence-corrected chi connectivity index (χ4v) is 6.13. The van der Waals surface area contributed by atoms with Crippen LogP contribution in [0.25, 0.3) is 0 Å². The van der Waals surface area contributed by atoms with E-state index >= 15 is 0 Å². The molecular formula is C26H29FN2O3. The first kappa shape index (κ1) is 21.1. The molecule has 2 saturated heterocycles. The summed E-state index contributed by atoms with van der Waals surface area (Å²) in [6, 6.07) is 15.4. The molecule has 3 fully saturated rings. The van der Waals surface area contributed by atoms with Gasteiger partial charge in [0.2, 0.25) is 5.91 Å². The second-order valence-corrected chi connectivity index (χ2v) is 9.46. The summed E-state index contributed by atoms with van der Waals surface area (Å²) in [6.07, 6.45) is 5.08. The lowest BCUT2D eigenvalue weighted by atomic mass is 9.60. The predicted molar refractivity (Wildman–Crippen MR) is 119 cm³/mol. The van der Waals surface area contributed by atoms with Gasteiger partial charge in [-0.2, -0.15) is 0 Å². The summed E-state index contributed by atoms with van der Waals surface area (Å²) in [4.78, 5) is 30.2. The molecule has 3 aliphatic rings. The Morgan fingerprint density at radius 3 is 2.38 bits per heavy atom. The van der Waals surface area contributed by atoms with E-state index in [0.717, 1.165) is 31.2 Å². The van der Waals surface area contributed by atoms with Crippen molar-refractivity contribution in [3.05, 3.63) is 71.5 Å². The zero-order valence-corrected chi connectivity index (χ0v) is 18.1. The number of benzene rings is 2. The summed E-state index contributed by atoms with van der Waals surface area (Å²) in [6.45, 7) is 0.700. The van der Waals surface area contributed by atoms with Crippen molar-refractivity contribution in [3.8, 4) is 0 Å². The van der Waals surface area contributed by atoms with Crippen molar-refractivity contribution in [3.63, 3.8) is 0 Å². The molecule has 2 amide bonds. The smallest absolute Gasteiger partial charge is 0.254 e. The van der Waals surface area contributed by atoms with Gasteiger partial charge in [0.05, 0.1) is 18.2 Å². The number of nitrogens with zero attached hydrogens (tertiary/aromatic N) is 2. The summed E-state index contributed by atoms with van der Waals surface area (Å²) in [7, 11) is 0. The Balaban J connectivity index is 1.43. The van der Waals surface area contributed by atoms with Crippen LogP contribution in [0.5, 0.6) is 0 Å². The molecular weight excluding hydrogens is 407 g/mol. The van der Waals surface area contributed by atoms with Crippen LogP contribution in [0.2, 0.25) is 0 Å². The lowest BCUT2D eigenvalue weighted by Crippen LogP contribution is -2.86. The van der Waals surface area contributed by atoms with Crippen LogP contribution in [-0.2, 0) is 4.79 Å². The van der Waals surface area contributed by atoms with Gasteiger partial charge >= 0.3 is 0 Å². The highest BCUT2D eigenvalue weighted by Crippen LogP contribution is 2.55. The normalized spacial score (nSPS) is 24.7. The standard InChI is InChI=1S/C26H29FN2O3/c27-21-13-7-12-20(14-21)24(31)28-16-26(17-28)23(18-8-3-1-4-9-18)22(15-30)29(26)25(32)19-10-5-2-6-11-19/h1,3-4,7-9,12-14,19,22-23,30H,2,5-6,10-11,15-17H2/t22-,23-/m1/s1. The van der Waals surface area contributed by atoms with E-state index in [2.05, 4.69) is 0 Å². The summed E-state index contributed by atoms with van der Waals surface area (Å²) in [5, 5.41) is 10.3. The topological polar surface area (TPSA) is 60.9 Å². The average molecular weight is 437 g/mol. The van der Waals surface area contributed by atoms with Crippen molar-refractivity contribution in [2.75, 3.05) is 19.7 Å². The van der Waals surface area contributed by atoms with Gasteiger partial charge in [-0.3, -0.25) is 9.59 Å². The van der Waals surface area contributed by atoms with Crippen LogP contribution >= 0.6 is 0 Å². The number of carbonyl (C=O) groups excluding carboxylic acids is 2. The van der Waals surface area contributed by atoms with Crippen LogP contribution < -0.4 is 0 Å². The Morgan fingerprint density at radius 1 is 1.00 bits per heavy atom. The largest absolute Gasteiger partial charge is 0.394 e. The van der Waals surface area contributed by atoms with Gasteiger partial charge in [-0.25, -0.2) is 4.39 Å². The van der Waals surface area contributed by atoms with Gasteiger partial charge in [-0.05, 0) is 36.6 Å². The van der Waals surface area contributed by atoms with Gasteiger partial charge in [-0.1, -0.05) is 55.7 Å². The Bertz CT molecular complexity index is 999. The Morgan fingerprint density at radius 2 is 1.72 bits per heavy atom. The second-order valence-electron chi connectivity index (χ2n) is 9.46. The van der Waals surface area contributed by atoms with Gasteiger partial charge in [0, 0.05) is 30.5 Å². The lowest BCUT2D eigenvalue weighted by Gasteiger charge is -2.71. The maximum Gasteiger partial charge on any atom is 0.254 e. The first-order valence-electron chi connectivity index (χ1n) is 11.6. The van der Waals surface area contributed by atoms with Crippen LogP contribution in [-0.4, -0.2) is 58.0 Å². The Hall–Kier alpha value is -2.73. The summed E-state index contributed by atoms with van der Waals surface area (Å²) < 4.78 is 13.6. The van der Waals surface area contributed by atoms with Crippen molar-refractivity contribution >= 4 is 11.8 Å². The predicted octanol–water partition coefficient (Wildman–Crippen LogP) is 3.59. The molecule has 1 saturated carbocycles. The molecule has 0 aromatic heterocycles. The van der Waals surface area contributed by atoms with E-state index in [1.165, 1.54) is 24.6 Å². The average Bonchev–Trinajstić information content (AvgIpc) is 2.79. The minimum absolute atomic E-state index is 0.000584. The molecule has 1 spiro atoms. The van der Waals surface area contributed by atoms with Gasteiger partial charge in [-0.15, -0.1) is 0 Å². The van der Waals surface area contributed by atoms with Gasteiger partial charge in [0.15, 0.2) is 0 Å². The molecule has 1 N–H and O–H groups in total. The highest BCUT2D eigenvalue weighted by atomic mass is 19.1. The maximum atomic E-state index is 13.6. The molecule has 168 valence electrons. The Labute approximate surface area is 187 Å². The SMILES string of the molecule is O=C(c1cccc(F)c1)N1CC2(C1)[C@H](c1ccccc1)[C@@H](CO)N2C(=O)C1CCCCC1. The molecule has 0 unspecified atom stereocenters. The molecule has 2 atom stereocenters. The van der Waals surface area contributed by atoms with Gasteiger partial charge < -0.3 is 14.9 Å². The van der Waals surface area contributed by atoms with E-state index in [9.17, 15) is 19.1 Å². The molecule has 2 aromatic rings. The van der Waals surface area contributed by atoms with Gasteiger partial charge in [0.25, 0.3) is 5.91 Å². The molecule has 2 aliphatic heterocycles. The zero-order chi connectivity index (χ0) is 22.3. The molecule has 0 bridgehead atoms. The number of hydrogen-bond donors (Lipinski definition) is 1. The highest BCUT2D eigenvalue weighted by Gasteiger charge is 2.68. The van der Waals surface area contributed by atoms with E-state index in [1.807, 2.05) is 35.2 Å². The Kier molecular flexibility index (Phi) is 5.49. The first-order chi connectivity index (χ1) is 15.5. The third-order valence-corrected chi connectivity index (χ3v) is 7.60. The van der Waals surface area contributed by atoms with E-state index in [4.69, 9.17) is 0 Å². The van der Waals surface area contributed by atoms with Crippen molar-refractivity contribution in [2.24, 2.45) is 5.92 Å². The lowest BCUT2D eigenvalue weighted by molar-refractivity contribution is -0.198. The molecule has 2 heterocycles. The van der Waals surface area contributed by atoms with Crippen LogP contribution in [0.1, 0.15) is 53.9 Å². The summed E-state index contributed by atoms with van der Waals surface area (Å²) in [5.74, 6) is -0.572. The molecule has 1 aliphatic carbocycles. The minimum atomic E-state index is -0.508. The van der Waals surface area contributed by atoms with Crippen molar-refractivity contribution in [2.45, 2.75) is 49.6 Å². The first-order valence-corrected chi connectivity index (χ1v) is 11.6. The summed E-state index contributed by atoms with van der Waals surface area (Å²) in [5.41, 5.74) is 0.892. The third kappa shape index (κ3) is 3.32. The van der Waals surface area contributed by atoms with Gasteiger partial charge in [0.1, 0.15) is 5.82 Å². The zero-order valence-electron chi connectivity index (χ0n) is 18.1. The van der Waals surface area contributed by atoms with Crippen LogP contribution in [0.4, 0.5) is 4.39 Å². The molecule has 6 heteroatoms. The number of halogens is 1. The van der Waals surface area contributed by atoms with E-state index in [0.29, 0.717) is 18.7 Å². The van der Waals surface area contributed by atoms with Crippen LogP contribution in [0.15, 0.2) is 54.6 Å². The molecule has 5 nitrogen and oxygen atoms in total. The molecule has 5 rings (SSSR count). The van der Waals surface area contributed by atoms with E-state index < -0.39 is 11.4 Å². The number of amides is 2.